The third-order valence-corrected chi connectivity index (χ3v) is 5.80. The Morgan fingerprint density at radius 1 is 1.00 bits per heavy atom. The molecule has 0 radical (unpaired) electrons. The van der Waals surface area contributed by atoms with Crippen molar-refractivity contribution in [1.29, 1.82) is 0 Å². The van der Waals surface area contributed by atoms with E-state index < -0.39 is 53.0 Å². The van der Waals surface area contributed by atoms with Gasteiger partial charge >= 0.3 is 12.1 Å². The van der Waals surface area contributed by atoms with Gasteiger partial charge in [-0.05, 0) is 79.9 Å². The molecule has 0 spiro atoms. The minimum Gasteiger partial charge on any atom is -0.466 e. The first-order valence-electron chi connectivity index (χ1n) is 13.5. The van der Waals surface area contributed by atoms with Crippen molar-refractivity contribution in [3.8, 4) is 0 Å². The van der Waals surface area contributed by atoms with Gasteiger partial charge in [-0.1, -0.05) is 23.8 Å². The Hall–Kier alpha value is -3.63. The normalized spacial score (nSPS) is 13.0. The van der Waals surface area contributed by atoms with Gasteiger partial charge in [-0.3, -0.25) is 19.2 Å². The van der Waals surface area contributed by atoms with E-state index in [9.17, 15) is 24.0 Å². The van der Waals surface area contributed by atoms with Crippen LogP contribution in [-0.2, 0) is 28.7 Å². The van der Waals surface area contributed by atoms with Gasteiger partial charge in [-0.2, -0.15) is 0 Å². The van der Waals surface area contributed by atoms with Crippen LogP contribution in [-0.4, -0.2) is 65.0 Å². The summed E-state index contributed by atoms with van der Waals surface area (Å²) in [6, 6.07) is 3.26. The maximum Gasteiger partial charge on any atom is 0.408 e. The van der Waals surface area contributed by atoms with Crippen LogP contribution in [0.3, 0.4) is 0 Å². The number of esters is 1. The maximum atomic E-state index is 14.2. The van der Waals surface area contributed by atoms with E-state index in [0.717, 1.165) is 11.1 Å². The fourth-order valence-electron chi connectivity index (χ4n) is 4.08. The highest BCUT2D eigenvalue weighted by atomic mass is 16.6. The molecule has 0 aromatic heterocycles. The molecule has 0 aliphatic heterocycles. The number of rotatable bonds is 12. The average Bonchev–Trinajstić information content (AvgIpc) is 2.79. The van der Waals surface area contributed by atoms with E-state index in [2.05, 4.69) is 10.6 Å². The van der Waals surface area contributed by atoms with Crippen LogP contribution in [0.5, 0.6) is 0 Å². The van der Waals surface area contributed by atoms with Gasteiger partial charge in [0.1, 0.15) is 17.7 Å². The Labute approximate surface area is 237 Å². The van der Waals surface area contributed by atoms with Crippen LogP contribution >= 0.6 is 0 Å². The molecule has 2 atom stereocenters. The Morgan fingerprint density at radius 3 is 2.15 bits per heavy atom. The predicted octanol–water partition coefficient (Wildman–Crippen LogP) is 3.20. The van der Waals surface area contributed by atoms with Crippen molar-refractivity contribution in [2.75, 3.05) is 13.2 Å². The number of hydrogen-bond acceptors (Lipinski definition) is 7. The highest BCUT2D eigenvalue weighted by molar-refractivity contribution is 5.93. The van der Waals surface area contributed by atoms with Crippen LogP contribution in [0.25, 0.3) is 0 Å². The number of nitrogens with one attached hydrogen (secondary N) is 2. The molecule has 40 heavy (non-hydrogen) atoms. The van der Waals surface area contributed by atoms with E-state index in [0.29, 0.717) is 5.56 Å². The topological polar surface area (TPSA) is 157 Å². The molecule has 0 saturated heterocycles. The first-order chi connectivity index (χ1) is 18.4. The molecule has 0 saturated carbocycles. The summed E-state index contributed by atoms with van der Waals surface area (Å²) in [5, 5.41) is 5.34. The average molecular weight is 563 g/mol. The Morgan fingerprint density at radius 2 is 1.62 bits per heavy atom. The standard InChI is InChI=1S/C29H46N4O7/c1-10-39-23(35)15-16-31-25(36)24(20-17-18(2)11-12-19(20)3)33(28(4,5)6)26(37)21(13-14-22(30)34)32-27(38)40-29(7,8)9/h11-12,17,21,24H,10,13-16H2,1-9H3,(H2,30,34)(H,31,36)(H,32,38). The van der Waals surface area contributed by atoms with Crippen LogP contribution < -0.4 is 16.4 Å². The van der Waals surface area contributed by atoms with Gasteiger partial charge < -0.3 is 30.7 Å². The van der Waals surface area contributed by atoms with E-state index in [-0.39, 0.29) is 32.4 Å². The second kappa shape index (κ2) is 14.7. The zero-order chi connectivity index (χ0) is 30.8. The SMILES string of the molecule is CCOC(=O)CCNC(=O)C(c1cc(C)ccc1C)N(C(=O)C(CCC(N)=O)NC(=O)OC(C)(C)C)C(C)(C)C. The Balaban J connectivity index is 3.59. The summed E-state index contributed by atoms with van der Waals surface area (Å²) in [6.07, 6.45) is -1.15. The molecule has 0 bridgehead atoms. The van der Waals surface area contributed by atoms with Gasteiger partial charge in [0.25, 0.3) is 0 Å². The number of amides is 4. The van der Waals surface area contributed by atoms with E-state index >= 15 is 0 Å². The number of alkyl carbamates (subject to hydrolysis) is 1. The number of nitrogens with two attached hydrogens (primary N) is 1. The molecule has 4 amide bonds. The molecule has 4 N–H and O–H groups in total. The number of primary amides is 1. The number of carbonyl (C=O) groups excluding carboxylic acids is 5. The largest absolute Gasteiger partial charge is 0.466 e. The lowest BCUT2D eigenvalue weighted by Gasteiger charge is -2.43. The summed E-state index contributed by atoms with van der Waals surface area (Å²) in [6.45, 7) is 16.0. The number of nitrogens with zero attached hydrogens (tertiary/aromatic N) is 1. The molecular weight excluding hydrogens is 516 g/mol. The number of aryl methyl sites for hydroxylation is 2. The van der Waals surface area contributed by atoms with Crippen molar-refractivity contribution < 1.29 is 33.4 Å². The molecule has 0 aliphatic rings. The quantitative estimate of drug-likeness (QED) is 0.330. The first kappa shape index (κ1) is 34.4. The predicted molar refractivity (Wildman–Crippen MR) is 151 cm³/mol. The molecule has 1 aromatic rings. The summed E-state index contributed by atoms with van der Waals surface area (Å²) < 4.78 is 10.3. The van der Waals surface area contributed by atoms with Crippen LogP contribution in [0, 0.1) is 13.8 Å². The summed E-state index contributed by atoms with van der Waals surface area (Å²) in [4.78, 5) is 65.6. The number of hydrogen-bond donors (Lipinski definition) is 3. The lowest BCUT2D eigenvalue weighted by atomic mass is 9.91. The van der Waals surface area contributed by atoms with E-state index in [1.54, 1.807) is 48.5 Å². The second-order valence-electron chi connectivity index (χ2n) is 11.7. The van der Waals surface area contributed by atoms with Crippen molar-refractivity contribution in [2.24, 2.45) is 5.73 Å². The molecule has 11 heteroatoms. The summed E-state index contributed by atoms with van der Waals surface area (Å²) in [5.41, 5.74) is 5.85. The summed E-state index contributed by atoms with van der Waals surface area (Å²) >= 11 is 0. The van der Waals surface area contributed by atoms with Crippen LogP contribution in [0.4, 0.5) is 4.79 Å². The molecule has 2 unspecified atom stereocenters. The molecule has 0 heterocycles. The highest BCUT2D eigenvalue weighted by Gasteiger charge is 2.42. The van der Waals surface area contributed by atoms with Crippen LogP contribution in [0.15, 0.2) is 18.2 Å². The van der Waals surface area contributed by atoms with Gasteiger partial charge in [-0.15, -0.1) is 0 Å². The third-order valence-electron chi connectivity index (χ3n) is 5.80. The van der Waals surface area contributed by atoms with Crippen LogP contribution in [0.1, 0.15) is 90.5 Å². The lowest BCUT2D eigenvalue weighted by Crippen LogP contribution is -2.59. The number of benzene rings is 1. The molecule has 0 fully saturated rings. The monoisotopic (exact) mass is 562 g/mol. The number of carbonyl (C=O) groups is 5. The summed E-state index contributed by atoms with van der Waals surface area (Å²) in [7, 11) is 0. The zero-order valence-electron chi connectivity index (χ0n) is 25.3. The fourth-order valence-corrected chi connectivity index (χ4v) is 4.08. The van der Waals surface area contributed by atoms with Gasteiger partial charge in [0.15, 0.2) is 0 Å². The Bertz CT molecular complexity index is 1070. The number of ether oxygens (including phenoxy) is 2. The minimum atomic E-state index is -1.21. The van der Waals surface area contributed by atoms with Gasteiger partial charge in [0.2, 0.25) is 17.7 Å². The third kappa shape index (κ3) is 11.2. The molecule has 1 rings (SSSR count). The molecule has 1 aromatic carbocycles. The van der Waals surface area contributed by atoms with Crippen molar-refractivity contribution in [2.45, 2.75) is 105 Å². The van der Waals surface area contributed by atoms with Crippen molar-refractivity contribution in [1.82, 2.24) is 15.5 Å². The minimum absolute atomic E-state index is 0.00641. The van der Waals surface area contributed by atoms with Crippen molar-refractivity contribution >= 4 is 29.8 Å². The van der Waals surface area contributed by atoms with Gasteiger partial charge in [0, 0.05) is 18.5 Å². The van der Waals surface area contributed by atoms with Gasteiger partial charge in [0.05, 0.1) is 13.0 Å². The highest BCUT2D eigenvalue weighted by Crippen LogP contribution is 2.32. The second-order valence-corrected chi connectivity index (χ2v) is 11.7. The van der Waals surface area contributed by atoms with E-state index in [1.165, 1.54) is 4.90 Å². The van der Waals surface area contributed by atoms with Gasteiger partial charge in [-0.25, -0.2) is 4.79 Å². The molecular formula is C29H46N4O7. The first-order valence-corrected chi connectivity index (χ1v) is 13.5. The molecule has 0 aliphatic carbocycles. The lowest BCUT2D eigenvalue weighted by molar-refractivity contribution is -0.149. The van der Waals surface area contributed by atoms with E-state index in [1.807, 2.05) is 32.0 Å². The van der Waals surface area contributed by atoms with Crippen molar-refractivity contribution in [3.05, 3.63) is 34.9 Å². The van der Waals surface area contributed by atoms with Crippen molar-refractivity contribution in [3.63, 3.8) is 0 Å². The molecule has 11 nitrogen and oxygen atoms in total. The maximum absolute atomic E-state index is 14.2. The smallest absolute Gasteiger partial charge is 0.408 e. The van der Waals surface area contributed by atoms with Crippen LogP contribution in [0.2, 0.25) is 0 Å². The summed E-state index contributed by atoms with van der Waals surface area (Å²) in [5.74, 6) is -2.20. The zero-order valence-corrected chi connectivity index (χ0v) is 25.3. The fraction of sp³-hybridized carbons (Fsp3) is 0.621. The molecule has 224 valence electrons. The Kier molecular flexibility index (Phi) is 12.6. The van der Waals surface area contributed by atoms with E-state index in [4.69, 9.17) is 15.2 Å².